The maximum atomic E-state index is 12.3. The SMILES string of the molecule is Cc1nn(-c2ccc3nncn3n2)c2c1C(c1ccsc1)CC(=O)N2. The topological polar surface area (TPSA) is 90.0 Å². The van der Waals surface area contributed by atoms with Crippen LogP contribution in [-0.2, 0) is 4.79 Å². The van der Waals surface area contributed by atoms with E-state index in [1.165, 1.54) is 6.33 Å². The van der Waals surface area contributed by atoms with Gasteiger partial charge in [0, 0.05) is 17.9 Å². The zero-order chi connectivity index (χ0) is 17.0. The Morgan fingerprint density at radius 1 is 1.28 bits per heavy atom. The molecule has 5 rings (SSSR count). The van der Waals surface area contributed by atoms with Gasteiger partial charge in [-0.1, -0.05) is 0 Å². The number of aryl methyl sites for hydroxylation is 1. The van der Waals surface area contributed by atoms with Crippen LogP contribution in [-0.4, -0.2) is 35.5 Å². The maximum absolute atomic E-state index is 12.3. The third-order valence-corrected chi connectivity index (χ3v) is 5.11. The average molecular weight is 351 g/mol. The molecule has 0 saturated carbocycles. The molecule has 1 amide bonds. The van der Waals surface area contributed by atoms with Gasteiger partial charge in [0.05, 0.1) is 5.69 Å². The van der Waals surface area contributed by atoms with Gasteiger partial charge >= 0.3 is 0 Å². The summed E-state index contributed by atoms with van der Waals surface area (Å²) in [5, 5.41) is 24.0. The molecule has 1 aliphatic heterocycles. The quantitative estimate of drug-likeness (QED) is 0.598. The van der Waals surface area contributed by atoms with E-state index in [1.54, 1.807) is 20.5 Å². The molecular formula is C16H13N7OS. The van der Waals surface area contributed by atoms with Crippen LogP contribution in [0.2, 0.25) is 0 Å². The number of nitrogens with zero attached hydrogens (tertiary/aromatic N) is 6. The second-order valence-electron chi connectivity index (χ2n) is 5.95. The Balaban J connectivity index is 1.70. The zero-order valence-electron chi connectivity index (χ0n) is 13.2. The van der Waals surface area contributed by atoms with Crippen LogP contribution in [0.5, 0.6) is 0 Å². The monoisotopic (exact) mass is 351 g/mol. The second-order valence-corrected chi connectivity index (χ2v) is 6.73. The molecule has 9 heteroatoms. The number of anilines is 1. The van der Waals surface area contributed by atoms with Crippen molar-refractivity contribution in [3.8, 4) is 5.82 Å². The molecule has 0 aliphatic carbocycles. The van der Waals surface area contributed by atoms with Gasteiger partial charge in [-0.3, -0.25) is 4.79 Å². The highest BCUT2D eigenvalue weighted by Gasteiger charge is 2.33. The van der Waals surface area contributed by atoms with E-state index in [9.17, 15) is 4.79 Å². The van der Waals surface area contributed by atoms with Crippen molar-refractivity contribution >= 4 is 28.7 Å². The summed E-state index contributed by atoms with van der Waals surface area (Å²) in [6, 6.07) is 5.70. The first kappa shape index (κ1) is 14.3. The van der Waals surface area contributed by atoms with Crippen molar-refractivity contribution in [3.05, 3.63) is 52.1 Å². The van der Waals surface area contributed by atoms with Gasteiger partial charge in [0.25, 0.3) is 0 Å². The Kier molecular flexibility index (Phi) is 2.98. The minimum atomic E-state index is -0.0183. The molecule has 4 aromatic heterocycles. The highest BCUT2D eigenvalue weighted by molar-refractivity contribution is 7.08. The van der Waals surface area contributed by atoms with Gasteiger partial charge in [-0.2, -0.15) is 25.6 Å². The number of hydrogen-bond acceptors (Lipinski definition) is 6. The average Bonchev–Trinajstić information content (AvgIpc) is 3.33. The van der Waals surface area contributed by atoms with Crippen LogP contribution >= 0.6 is 11.3 Å². The van der Waals surface area contributed by atoms with E-state index in [1.807, 2.05) is 24.4 Å². The number of fused-ring (bicyclic) bond motifs is 2. The molecule has 0 saturated heterocycles. The standard InChI is InChI=1S/C16H13N7OS/c1-9-15-11(10-4-5-25-7-10)6-14(24)18-16(15)23(20-9)13-3-2-12-19-17-8-22(12)21-13/h2-5,7-8,11H,6H2,1H3,(H,18,24). The van der Waals surface area contributed by atoms with Crippen molar-refractivity contribution in [1.29, 1.82) is 0 Å². The zero-order valence-corrected chi connectivity index (χ0v) is 14.1. The fourth-order valence-electron chi connectivity index (χ4n) is 3.30. The van der Waals surface area contributed by atoms with Gasteiger partial charge in [-0.25, -0.2) is 0 Å². The molecule has 0 bridgehead atoms. The number of carbonyl (C=O) groups is 1. The molecule has 25 heavy (non-hydrogen) atoms. The fraction of sp³-hybridized carbons (Fsp3) is 0.188. The molecule has 0 aromatic carbocycles. The third kappa shape index (κ3) is 2.16. The number of rotatable bonds is 2. The van der Waals surface area contributed by atoms with Gasteiger partial charge in [-0.05, 0) is 41.4 Å². The first-order chi connectivity index (χ1) is 12.2. The van der Waals surface area contributed by atoms with Crippen LogP contribution in [0.4, 0.5) is 5.82 Å². The highest BCUT2D eigenvalue weighted by atomic mass is 32.1. The number of thiophene rings is 1. The summed E-state index contributed by atoms with van der Waals surface area (Å²) in [6.07, 6.45) is 1.96. The van der Waals surface area contributed by atoms with E-state index in [2.05, 4.69) is 37.2 Å². The number of hydrogen-bond donors (Lipinski definition) is 1. The van der Waals surface area contributed by atoms with E-state index in [4.69, 9.17) is 0 Å². The summed E-state index contributed by atoms with van der Waals surface area (Å²) in [7, 11) is 0. The number of carbonyl (C=O) groups excluding carboxylic acids is 1. The summed E-state index contributed by atoms with van der Waals surface area (Å²) in [5.74, 6) is 1.28. The van der Waals surface area contributed by atoms with Crippen LogP contribution in [0.15, 0.2) is 35.3 Å². The van der Waals surface area contributed by atoms with Crippen LogP contribution < -0.4 is 5.32 Å². The minimum absolute atomic E-state index is 0.0161. The number of aromatic nitrogens is 6. The molecule has 124 valence electrons. The molecule has 1 N–H and O–H groups in total. The third-order valence-electron chi connectivity index (χ3n) is 4.41. The predicted octanol–water partition coefficient (Wildman–Crippen LogP) is 2.15. The molecule has 1 aliphatic rings. The lowest BCUT2D eigenvalue weighted by Crippen LogP contribution is -2.25. The van der Waals surface area contributed by atoms with Crippen LogP contribution in [0.3, 0.4) is 0 Å². The van der Waals surface area contributed by atoms with Crippen molar-refractivity contribution in [2.75, 3.05) is 5.32 Å². The predicted molar refractivity (Wildman–Crippen MR) is 92.0 cm³/mol. The summed E-state index contributed by atoms with van der Waals surface area (Å²) in [6.45, 7) is 1.96. The van der Waals surface area contributed by atoms with Crippen LogP contribution in [0.1, 0.15) is 29.2 Å². The normalized spacial score (nSPS) is 16.8. The molecule has 1 unspecified atom stereocenters. The lowest BCUT2D eigenvalue weighted by molar-refractivity contribution is -0.116. The Morgan fingerprint density at radius 3 is 3.04 bits per heavy atom. The molecule has 1 atom stereocenters. The van der Waals surface area contributed by atoms with Crippen LogP contribution in [0.25, 0.3) is 11.5 Å². The summed E-state index contributed by atoms with van der Waals surface area (Å²) >= 11 is 1.63. The molecule has 4 aromatic rings. The number of nitrogens with one attached hydrogen (secondary N) is 1. The van der Waals surface area contributed by atoms with Crippen molar-refractivity contribution < 1.29 is 4.79 Å². The molecule has 5 heterocycles. The smallest absolute Gasteiger partial charge is 0.226 e. The molecule has 0 spiro atoms. The highest BCUT2D eigenvalue weighted by Crippen LogP contribution is 2.40. The van der Waals surface area contributed by atoms with Crippen molar-refractivity contribution in [1.82, 2.24) is 29.6 Å². The number of amides is 1. The molecular weight excluding hydrogens is 338 g/mol. The van der Waals surface area contributed by atoms with Crippen molar-refractivity contribution in [3.63, 3.8) is 0 Å². The Morgan fingerprint density at radius 2 is 2.20 bits per heavy atom. The van der Waals surface area contributed by atoms with Crippen molar-refractivity contribution in [2.45, 2.75) is 19.3 Å². The Bertz CT molecular complexity index is 1100. The first-order valence-corrected chi connectivity index (χ1v) is 8.74. The first-order valence-electron chi connectivity index (χ1n) is 7.79. The van der Waals surface area contributed by atoms with Crippen molar-refractivity contribution in [2.24, 2.45) is 0 Å². The largest absolute Gasteiger partial charge is 0.310 e. The van der Waals surface area contributed by atoms with Crippen LogP contribution in [0, 0.1) is 6.92 Å². The van der Waals surface area contributed by atoms with E-state index in [0.717, 1.165) is 16.8 Å². The van der Waals surface area contributed by atoms with E-state index in [0.29, 0.717) is 23.7 Å². The summed E-state index contributed by atoms with van der Waals surface area (Å²) in [5.41, 5.74) is 3.73. The second kappa shape index (κ2) is 5.21. The van der Waals surface area contributed by atoms with E-state index >= 15 is 0 Å². The van der Waals surface area contributed by atoms with Gasteiger partial charge < -0.3 is 5.32 Å². The summed E-state index contributed by atoms with van der Waals surface area (Å²) in [4.78, 5) is 12.3. The lowest BCUT2D eigenvalue weighted by atomic mass is 9.87. The van der Waals surface area contributed by atoms with Gasteiger partial charge in [0.1, 0.15) is 12.1 Å². The van der Waals surface area contributed by atoms with Gasteiger partial charge in [-0.15, -0.1) is 15.3 Å². The summed E-state index contributed by atoms with van der Waals surface area (Å²) < 4.78 is 3.26. The fourth-order valence-corrected chi connectivity index (χ4v) is 4.02. The Labute approximate surface area is 146 Å². The molecule has 0 radical (unpaired) electrons. The molecule has 8 nitrogen and oxygen atoms in total. The van der Waals surface area contributed by atoms with E-state index < -0.39 is 0 Å². The minimum Gasteiger partial charge on any atom is -0.310 e. The van der Waals surface area contributed by atoms with E-state index in [-0.39, 0.29) is 11.8 Å². The van der Waals surface area contributed by atoms with Gasteiger partial charge in [0.2, 0.25) is 5.91 Å². The van der Waals surface area contributed by atoms with Gasteiger partial charge in [0.15, 0.2) is 11.5 Å². The maximum Gasteiger partial charge on any atom is 0.226 e. The molecule has 0 fully saturated rings. The Hall–Kier alpha value is -3.07. The lowest BCUT2D eigenvalue weighted by Gasteiger charge is -2.23.